The normalized spacial score (nSPS) is 17.0. The molecule has 4 rings (SSSR count). The van der Waals surface area contributed by atoms with E-state index in [0.29, 0.717) is 11.0 Å². The summed E-state index contributed by atoms with van der Waals surface area (Å²) in [5.41, 5.74) is 1.93. The highest BCUT2D eigenvalue weighted by Gasteiger charge is 2.24. The molecule has 0 N–H and O–H groups in total. The number of carbonyl (C=O) groups is 1. The van der Waals surface area contributed by atoms with E-state index < -0.39 is 0 Å². The first-order valence-corrected chi connectivity index (χ1v) is 10.5. The highest BCUT2D eigenvalue weighted by atomic mass is 32.2. The molecule has 3 aromatic rings. The van der Waals surface area contributed by atoms with Crippen molar-refractivity contribution in [2.24, 2.45) is 0 Å². The van der Waals surface area contributed by atoms with Crippen LogP contribution < -0.4 is 4.90 Å². The van der Waals surface area contributed by atoms with Gasteiger partial charge in [-0.2, -0.15) is 0 Å². The smallest absolute Gasteiger partial charge is 0.237 e. The van der Waals surface area contributed by atoms with Crippen molar-refractivity contribution < 1.29 is 4.79 Å². The molecular formula is C20H19N3OS2. The molecule has 4 nitrogen and oxygen atoms in total. The molecule has 0 spiro atoms. The van der Waals surface area contributed by atoms with Gasteiger partial charge in [-0.05, 0) is 24.6 Å². The van der Waals surface area contributed by atoms with Crippen LogP contribution >= 0.6 is 23.5 Å². The lowest BCUT2D eigenvalue weighted by atomic mass is 10.2. The monoisotopic (exact) mass is 381 g/mol. The molecule has 1 atom stereocenters. The third-order valence-corrected chi connectivity index (χ3v) is 6.61. The van der Waals surface area contributed by atoms with Gasteiger partial charge >= 0.3 is 0 Å². The Morgan fingerprint density at radius 3 is 2.92 bits per heavy atom. The second-order valence-electron chi connectivity index (χ2n) is 6.21. The highest BCUT2D eigenvalue weighted by molar-refractivity contribution is 8.00. The van der Waals surface area contributed by atoms with E-state index in [1.807, 2.05) is 59.1 Å². The van der Waals surface area contributed by atoms with Crippen LogP contribution in [-0.4, -0.2) is 33.4 Å². The van der Waals surface area contributed by atoms with E-state index in [1.165, 1.54) is 16.7 Å². The van der Waals surface area contributed by atoms with E-state index in [1.54, 1.807) is 6.33 Å². The van der Waals surface area contributed by atoms with Crippen molar-refractivity contribution in [2.45, 2.75) is 28.5 Å². The lowest BCUT2D eigenvalue weighted by molar-refractivity contribution is -0.116. The first-order chi connectivity index (χ1) is 12.7. The Bertz CT molecular complexity index is 942. The molecule has 0 saturated heterocycles. The molecule has 1 aliphatic rings. The molecule has 0 bridgehead atoms. The summed E-state index contributed by atoms with van der Waals surface area (Å²) < 4.78 is 0. The number of carbonyl (C=O) groups excluding carboxylic acids is 1. The number of hydrogen-bond acceptors (Lipinski definition) is 5. The maximum atomic E-state index is 13.0. The van der Waals surface area contributed by atoms with Gasteiger partial charge in [0.1, 0.15) is 11.4 Å². The van der Waals surface area contributed by atoms with Crippen LogP contribution in [0.3, 0.4) is 0 Å². The summed E-state index contributed by atoms with van der Waals surface area (Å²) in [4.78, 5) is 24.8. The Labute approximate surface area is 161 Å². The Balaban J connectivity index is 1.55. The van der Waals surface area contributed by atoms with Gasteiger partial charge in [0, 0.05) is 22.1 Å². The van der Waals surface area contributed by atoms with E-state index in [2.05, 4.69) is 23.0 Å². The van der Waals surface area contributed by atoms with Crippen LogP contribution in [0.2, 0.25) is 0 Å². The van der Waals surface area contributed by atoms with Crippen LogP contribution in [0, 0.1) is 0 Å². The summed E-state index contributed by atoms with van der Waals surface area (Å²) in [7, 11) is 0. The standard InChI is InChI=1S/C20H19N3OS2/c1-14-10-11-23(17-8-4-5-9-18(17)26-14)19(24)12-25-20-15-6-2-3-7-16(15)21-13-22-20/h2-9,13-14H,10-12H2,1H3/t14-/m1/s1. The summed E-state index contributed by atoms with van der Waals surface area (Å²) in [5.74, 6) is 0.494. The number of thioether (sulfide) groups is 2. The quantitative estimate of drug-likeness (QED) is 0.489. The number of aromatic nitrogens is 2. The number of para-hydroxylation sites is 2. The molecule has 132 valence electrons. The second-order valence-corrected chi connectivity index (χ2v) is 8.66. The number of rotatable bonds is 3. The minimum atomic E-state index is 0.125. The summed E-state index contributed by atoms with van der Waals surface area (Å²) >= 11 is 3.33. The van der Waals surface area contributed by atoms with Gasteiger partial charge in [-0.1, -0.05) is 49.0 Å². The fraction of sp³-hybridized carbons (Fsp3) is 0.250. The Morgan fingerprint density at radius 2 is 2.00 bits per heavy atom. The van der Waals surface area contributed by atoms with Crippen LogP contribution in [-0.2, 0) is 4.79 Å². The molecule has 0 saturated carbocycles. The van der Waals surface area contributed by atoms with Gasteiger partial charge in [0.25, 0.3) is 0 Å². The molecule has 26 heavy (non-hydrogen) atoms. The van der Waals surface area contributed by atoms with Gasteiger partial charge in [-0.3, -0.25) is 4.79 Å². The van der Waals surface area contributed by atoms with E-state index >= 15 is 0 Å². The molecule has 0 radical (unpaired) electrons. The lowest BCUT2D eigenvalue weighted by Gasteiger charge is -2.22. The highest BCUT2D eigenvalue weighted by Crippen LogP contribution is 2.37. The van der Waals surface area contributed by atoms with Crippen LogP contribution in [0.25, 0.3) is 10.9 Å². The summed E-state index contributed by atoms with van der Waals surface area (Å²) in [6.07, 6.45) is 2.56. The fourth-order valence-electron chi connectivity index (χ4n) is 3.05. The summed E-state index contributed by atoms with van der Waals surface area (Å²) in [5, 5.41) is 2.36. The van der Waals surface area contributed by atoms with Crippen molar-refractivity contribution >= 4 is 46.0 Å². The first kappa shape index (κ1) is 17.4. The predicted octanol–water partition coefficient (Wildman–Crippen LogP) is 4.64. The maximum Gasteiger partial charge on any atom is 0.237 e. The molecule has 0 fully saturated rings. The van der Waals surface area contributed by atoms with E-state index in [4.69, 9.17) is 0 Å². The zero-order chi connectivity index (χ0) is 17.9. The average Bonchev–Trinajstić information content (AvgIpc) is 2.84. The number of benzene rings is 2. The van der Waals surface area contributed by atoms with Crippen molar-refractivity contribution in [3.05, 3.63) is 54.9 Å². The molecule has 6 heteroatoms. The number of fused-ring (bicyclic) bond motifs is 2. The average molecular weight is 382 g/mol. The van der Waals surface area contributed by atoms with Gasteiger partial charge in [-0.15, -0.1) is 11.8 Å². The molecule has 0 unspecified atom stereocenters. The van der Waals surface area contributed by atoms with Gasteiger partial charge in [0.15, 0.2) is 0 Å². The van der Waals surface area contributed by atoms with Crippen LogP contribution in [0.15, 0.2) is 64.8 Å². The number of amides is 1. The number of anilines is 1. The zero-order valence-electron chi connectivity index (χ0n) is 14.5. The van der Waals surface area contributed by atoms with Crippen molar-refractivity contribution in [2.75, 3.05) is 17.2 Å². The zero-order valence-corrected chi connectivity index (χ0v) is 16.1. The first-order valence-electron chi connectivity index (χ1n) is 8.61. The SMILES string of the molecule is C[C@@H]1CCN(C(=O)CSc2ncnc3ccccc23)c2ccccc2S1. The van der Waals surface area contributed by atoms with Crippen molar-refractivity contribution in [1.82, 2.24) is 9.97 Å². The predicted molar refractivity (Wildman–Crippen MR) is 109 cm³/mol. The van der Waals surface area contributed by atoms with Crippen molar-refractivity contribution in [3.8, 4) is 0 Å². The Hall–Kier alpha value is -2.05. The van der Waals surface area contributed by atoms with Crippen molar-refractivity contribution in [3.63, 3.8) is 0 Å². The van der Waals surface area contributed by atoms with Crippen LogP contribution in [0.4, 0.5) is 5.69 Å². The maximum absolute atomic E-state index is 13.0. The summed E-state index contributed by atoms with van der Waals surface area (Å²) in [6.45, 7) is 2.98. The van der Waals surface area contributed by atoms with Gasteiger partial charge in [0.05, 0.1) is 17.0 Å². The molecule has 2 heterocycles. The van der Waals surface area contributed by atoms with E-state index in [9.17, 15) is 4.79 Å². The Morgan fingerprint density at radius 1 is 1.19 bits per heavy atom. The second kappa shape index (κ2) is 7.68. The van der Waals surface area contributed by atoms with Gasteiger partial charge in [0.2, 0.25) is 5.91 Å². The molecular weight excluding hydrogens is 362 g/mol. The fourth-order valence-corrected chi connectivity index (χ4v) is 5.03. The minimum absolute atomic E-state index is 0.125. The topological polar surface area (TPSA) is 46.1 Å². The summed E-state index contributed by atoms with van der Waals surface area (Å²) in [6, 6.07) is 16.1. The van der Waals surface area contributed by atoms with Crippen LogP contribution in [0.5, 0.6) is 0 Å². The van der Waals surface area contributed by atoms with E-state index in [0.717, 1.165) is 34.6 Å². The molecule has 2 aromatic carbocycles. The van der Waals surface area contributed by atoms with Gasteiger partial charge in [-0.25, -0.2) is 9.97 Å². The van der Waals surface area contributed by atoms with E-state index in [-0.39, 0.29) is 5.91 Å². The third-order valence-electron chi connectivity index (χ3n) is 4.38. The molecule has 0 aliphatic carbocycles. The van der Waals surface area contributed by atoms with Gasteiger partial charge < -0.3 is 4.90 Å². The number of hydrogen-bond donors (Lipinski definition) is 0. The Kier molecular flexibility index (Phi) is 5.13. The lowest BCUT2D eigenvalue weighted by Crippen LogP contribution is -2.33. The molecule has 1 aromatic heterocycles. The third kappa shape index (κ3) is 3.57. The number of nitrogens with zero attached hydrogens (tertiary/aromatic N) is 3. The molecule has 1 amide bonds. The molecule has 1 aliphatic heterocycles. The van der Waals surface area contributed by atoms with Crippen LogP contribution in [0.1, 0.15) is 13.3 Å². The largest absolute Gasteiger partial charge is 0.311 e. The van der Waals surface area contributed by atoms with Crippen molar-refractivity contribution in [1.29, 1.82) is 0 Å². The minimum Gasteiger partial charge on any atom is -0.311 e.